The second-order valence-corrected chi connectivity index (χ2v) is 6.57. The first kappa shape index (κ1) is 21.1. The molecule has 1 aliphatic heterocycles. The Morgan fingerprint density at radius 1 is 1.21 bits per heavy atom. The van der Waals surface area contributed by atoms with Crippen molar-refractivity contribution in [3.63, 3.8) is 0 Å². The van der Waals surface area contributed by atoms with Crippen molar-refractivity contribution in [1.29, 1.82) is 0 Å². The van der Waals surface area contributed by atoms with Crippen molar-refractivity contribution < 1.29 is 30.0 Å². The number of carboxylic acids is 1. The summed E-state index contributed by atoms with van der Waals surface area (Å²) < 4.78 is 5.62. The average molecular weight is 344 g/mol. The minimum Gasteiger partial charge on any atom is -0.481 e. The first-order valence-electron chi connectivity index (χ1n) is 9.03. The lowest BCUT2D eigenvalue weighted by molar-refractivity contribution is -0.137. The summed E-state index contributed by atoms with van der Waals surface area (Å²) in [6.45, 7) is 1.87. The van der Waals surface area contributed by atoms with Crippen LogP contribution in [0.15, 0.2) is 12.2 Å². The normalized spacial score (nSPS) is 26.8. The van der Waals surface area contributed by atoms with Crippen LogP contribution in [0.1, 0.15) is 64.7 Å². The Morgan fingerprint density at radius 2 is 1.88 bits per heavy atom. The maximum atomic E-state index is 10.4. The van der Waals surface area contributed by atoms with Gasteiger partial charge in [0.05, 0.1) is 24.4 Å². The number of carbonyl (C=O) groups is 1. The van der Waals surface area contributed by atoms with Crippen molar-refractivity contribution in [2.75, 3.05) is 0 Å². The summed E-state index contributed by atoms with van der Waals surface area (Å²) in [5.74, 6) is -0.749. The Bertz CT molecular complexity index is 384. The zero-order valence-electron chi connectivity index (χ0n) is 14.5. The van der Waals surface area contributed by atoms with E-state index in [9.17, 15) is 20.1 Å². The van der Waals surface area contributed by atoms with Gasteiger partial charge in [0, 0.05) is 12.8 Å². The first-order chi connectivity index (χ1) is 11.4. The minimum absolute atomic E-state index is 0.225. The van der Waals surface area contributed by atoms with E-state index in [0.717, 1.165) is 25.7 Å². The first-order valence-corrected chi connectivity index (χ1v) is 9.03. The molecule has 0 radical (unpaired) electrons. The average Bonchev–Trinajstić information content (AvgIpc) is 2.92. The topological polar surface area (TPSA) is 107 Å². The molecule has 0 unspecified atom stereocenters. The van der Waals surface area contributed by atoms with Crippen LogP contribution in [0.2, 0.25) is 0 Å². The van der Waals surface area contributed by atoms with E-state index < -0.39 is 30.4 Å². The Kier molecular flexibility index (Phi) is 10.2. The molecule has 24 heavy (non-hydrogen) atoms. The number of hydrogen-bond acceptors (Lipinski definition) is 5. The van der Waals surface area contributed by atoms with Crippen LogP contribution in [0.5, 0.6) is 0 Å². The van der Waals surface area contributed by atoms with E-state index in [1.807, 2.05) is 6.92 Å². The molecule has 140 valence electrons. The third kappa shape index (κ3) is 8.24. The van der Waals surface area contributed by atoms with Gasteiger partial charge in [0.2, 0.25) is 0 Å². The van der Waals surface area contributed by atoms with E-state index in [-0.39, 0.29) is 12.5 Å². The van der Waals surface area contributed by atoms with Gasteiger partial charge >= 0.3 is 5.97 Å². The second-order valence-electron chi connectivity index (χ2n) is 6.57. The molecule has 0 aliphatic carbocycles. The summed E-state index contributed by atoms with van der Waals surface area (Å²) in [4.78, 5) is 10.4. The van der Waals surface area contributed by atoms with Crippen LogP contribution in [-0.2, 0) is 9.53 Å². The summed E-state index contributed by atoms with van der Waals surface area (Å²) in [6.07, 6.45) is 7.04. The molecule has 0 saturated carbocycles. The molecule has 0 aromatic heterocycles. The van der Waals surface area contributed by atoms with Gasteiger partial charge in [0.15, 0.2) is 0 Å². The van der Waals surface area contributed by atoms with Crippen LogP contribution in [0, 0.1) is 0 Å². The number of aliphatic hydroxyl groups excluding tert-OH is 3. The van der Waals surface area contributed by atoms with Gasteiger partial charge in [-0.3, -0.25) is 4.79 Å². The van der Waals surface area contributed by atoms with E-state index in [0.29, 0.717) is 25.7 Å². The van der Waals surface area contributed by atoms with Gasteiger partial charge in [-0.25, -0.2) is 0 Å². The highest BCUT2D eigenvalue weighted by molar-refractivity contribution is 5.66. The summed E-state index contributed by atoms with van der Waals surface area (Å²) in [5, 5.41) is 38.2. The zero-order chi connectivity index (χ0) is 17.9. The van der Waals surface area contributed by atoms with E-state index in [2.05, 4.69) is 0 Å². The summed E-state index contributed by atoms with van der Waals surface area (Å²) in [6, 6.07) is 0. The molecule has 1 saturated heterocycles. The standard InChI is InChI=1S/C18H32O6/c1-2-14(20)17-12-15(21)16(24-17)11-10-13(19)8-6-4-3-5-7-9-18(22)23/h10-11,13-17,19-21H,2-9,12H2,1H3,(H,22,23)/b11-10+/t13-,14-,15-,16+,17-/m0/s1. The zero-order valence-corrected chi connectivity index (χ0v) is 14.5. The van der Waals surface area contributed by atoms with Gasteiger partial charge in [-0.15, -0.1) is 0 Å². The molecule has 0 aromatic rings. The quantitative estimate of drug-likeness (QED) is 0.319. The Morgan fingerprint density at radius 3 is 2.54 bits per heavy atom. The molecule has 1 fully saturated rings. The highest BCUT2D eigenvalue weighted by atomic mass is 16.5. The maximum Gasteiger partial charge on any atom is 0.303 e. The highest BCUT2D eigenvalue weighted by Gasteiger charge is 2.35. The van der Waals surface area contributed by atoms with E-state index >= 15 is 0 Å². The van der Waals surface area contributed by atoms with Crippen molar-refractivity contribution >= 4 is 5.97 Å². The smallest absolute Gasteiger partial charge is 0.303 e. The van der Waals surface area contributed by atoms with Gasteiger partial charge in [-0.1, -0.05) is 44.8 Å². The Hall–Kier alpha value is -0.950. The van der Waals surface area contributed by atoms with E-state index in [1.54, 1.807) is 12.2 Å². The lowest BCUT2D eigenvalue weighted by Crippen LogP contribution is -2.25. The van der Waals surface area contributed by atoms with Gasteiger partial charge in [0.25, 0.3) is 0 Å². The van der Waals surface area contributed by atoms with Gasteiger partial charge in [-0.05, 0) is 19.3 Å². The highest BCUT2D eigenvalue weighted by Crippen LogP contribution is 2.25. The number of aliphatic carboxylic acids is 1. The third-order valence-corrected chi connectivity index (χ3v) is 4.45. The van der Waals surface area contributed by atoms with Crippen molar-refractivity contribution in [3.05, 3.63) is 12.2 Å². The number of rotatable bonds is 12. The van der Waals surface area contributed by atoms with Gasteiger partial charge < -0.3 is 25.2 Å². The van der Waals surface area contributed by atoms with Crippen molar-refractivity contribution in [2.45, 2.75) is 95.2 Å². The molecular weight excluding hydrogens is 312 g/mol. The molecule has 0 spiro atoms. The van der Waals surface area contributed by atoms with Crippen molar-refractivity contribution in [3.8, 4) is 0 Å². The van der Waals surface area contributed by atoms with Crippen molar-refractivity contribution in [2.24, 2.45) is 0 Å². The lowest BCUT2D eigenvalue weighted by Gasteiger charge is -2.16. The largest absolute Gasteiger partial charge is 0.481 e. The van der Waals surface area contributed by atoms with E-state index in [4.69, 9.17) is 9.84 Å². The number of carboxylic acid groups (broad SMARTS) is 1. The van der Waals surface area contributed by atoms with Crippen LogP contribution in [0.3, 0.4) is 0 Å². The predicted molar refractivity (Wildman–Crippen MR) is 90.7 cm³/mol. The van der Waals surface area contributed by atoms with Gasteiger partial charge in [0.1, 0.15) is 6.10 Å². The molecule has 0 aromatic carbocycles. The monoisotopic (exact) mass is 344 g/mol. The summed E-state index contributed by atoms with van der Waals surface area (Å²) >= 11 is 0. The Balaban J connectivity index is 2.15. The molecule has 0 bridgehead atoms. The molecular formula is C18H32O6. The Labute approximate surface area is 144 Å². The molecule has 6 nitrogen and oxygen atoms in total. The van der Waals surface area contributed by atoms with Crippen LogP contribution < -0.4 is 0 Å². The summed E-state index contributed by atoms with van der Waals surface area (Å²) in [5.41, 5.74) is 0. The number of unbranched alkanes of at least 4 members (excludes halogenated alkanes) is 4. The molecule has 4 N–H and O–H groups in total. The second kappa shape index (κ2) is 11.6. The lowest BCUT2D eigenvalue weighted by atomic mass is 10.0. The third-order valence-electron chi connectivity index (χ3n) is 4.45. The molecule has 0 amide bonds. The fraction of sp³-hybridized carbons (Fsp3) is 0.833. The molecule has 6 heteroatoms. The van der Waals surface area contributed by atoms with E-state index in [1.165, 1.54) is 0 Å². The SMILES string of the molecule is CC[C@H](O)[C@@H]1C[C@H](O)[C@@H](/C=C/[C@@H](O)CCCCCCCC(=O)O)O1. The minimum atomic E-state index is -0.749. The molecule has 5 atom stereocenters. The number of aliphatic hydroxyl groups is 3. The van der Waals surface area contributed by atoms with Crippen LogP contribution in [0.25, 0.3) is 0 Å². The van der Waals surface area contributed by atoms with Crippen LogP contribution in [-0.4, -0.2) is 56.9 Å². The van der Waals surface area contributed by atoms with Gasteiger partial charge in [-0.2, -0.15) is 0 Å². The molecule has 1 heterocycles. The molecule has 1 aliphatic rings. The predicted octanol–water partition coefficient (Wildman–Crippen LogP) is 2.01. The fourth-order valence-electron chi connectivity index (χ4n) is 2.90. The van der Waals surface area contributed by atoms with Crippen LogP contribution in [0.4, 0.5) is 0 Å². The molecule has 1 rings (SSSR count). The van der Waals surface area contributed by atoms with Crippen molar-refractivity contribution in [1.82, 2.24) is 0 Å². The number of hydrogen-bond donors (Lipinski definition) is 4. The fourth-order valence-corrected chi connectivity index (χ4v) is 2.90. The number of ether oxygens (including phenoxy) is 1. The van der Waals surface area contributed by atoms with Crippen LogP contribution >= 0.6 is 0 Å². The summed E-state index contributed by atoms with van der Waals surface area (Å²) in [7, 11) is 0. The maximum absolute atomic E-state index is 10.4.